The molecule has 0 bridgehead atoms. The highest BCUT2D eigenvalue weighted by Crippen LogP contribution is 2.53. The molecular formula is C11H7ClF3NO. The molecule has 1 aromatic carbocycles. The van der Waals surface area contributed by atoms with Crippen molar-refractivity contribution in [3.05, 3.63) is 35.5 Å². The molecule has 1 aromatic rings. The summed E-state index contributed by atoms with van der Waals surface area (Å²) >= 11 is 5.79. The minimum atomic E-state index is -4.47. The van der Waals surface area contributed by atoms with Crippen LogP contribution in [0.3, 0.4) is 0 Å². The SMILES string of the molecule is FC(F)(F)C12CC=CN1c1cc(Cl)ccc1O2. The smallest absolute Gasteiger partial charge is 0.449 e. The van der Waals surface area contributed by atoms with Crippen LogP contribution in [0.25, 0.3) is 0 Å². The van der Waals surface area contributed by atoms with E-state index in [0.717, 1.165) is 4.90 Å². The van der Waals surface area contributed by atoms with Gasteiger partial charge in [0.05, 0.1) is 5.69 Å². The van der Waals surface area contributed by atoms with Crippen molar-refractivity contribution in [2.45, 2.75) is 18.3 Å². The molecule has 17 heavy (non-hydrogen) atoms. The molecular weight excluding hydrogens is 255 g/mol. The summed E-state index contributed by atoms with van der Waals surface area (Å²) in [5, 5.41) is 0.380. The summed E-state index contributed by atoms with van der Waals surface area (Å²) in [7, 11) is 0. The van der Waals surface area contributed by atoms with Crippen molar-refractivity contribution in [1.29, 1.82) is 0 Å². The Morgan fingerprint density at radius 2 is 2.12 bits per heavy atom. The van der Waals surface area contributed by atoms with Gasteiger partial charge in [0.1, 0.15) is 5.75 Å². The van der Waals surface area contributed by atoms with Crippen LogP contribution in [0.4, 0.5) is 18.9 Å². The minimum Gasteiger partial charge on any atom is -0.455 e. The van der Waals surface area contributed by atoms with Crippen LogP contribution in [0.1, 0.15) is 6.42 Å². The molecule has 90 valence electrons. The largest absolute Gasteiger partial charge is 0.455 e. The normalized spacial score (nSPS) is 25.8. The van der Waals surface area contributed by atoms with Gasteiger partial charge in [-0.05, 0) is 18.2 Å². The fourth-order valence-corrected chi connectivity index (χ4v) is 2.33. The number of hydrogen-bond acceptors (Lipinski definition) is 2. The lowest BCUT2D eigenvalue weighted by molar-refractivity contribution is -0.237. The van der Waals surface area contributed by atoms with Gasteiger partial charge in [-0.25, -0.2) is 0 Å². The van der Waals surface area contributed by atoms with E-state index in [1.165, 1.54) is 30.5 Å². The number of fused-ring (bicyclic) bond motifs is 3. The van der Waals surface area contributed by atoms with E-state index in [9.17, 15) is 13.2 Å². The van der Waals surface area contributed by atoms with Crippen LogP contribution in [0.15, 0.2) is 30.5 Å². The first-order valence-corrected chi connectivity index (χ1v) is 5.33. The molecule has 0 aromatic heterocycles. The zero-order chi connectivity index (χ0) is 12.3. The Hall–Kier alpha value is -1.36. The topological polar surface area (TPSA) is 12.5 Å². The fraction of sp³-hybridized carbons (Fsp3) is 0.273. The summed E-state index contributed by atoms with van der Waals surface area (Å²) in [5.74, 6) is 0.205. The molecule has 0 saturated carbocycles. The number of ether oxygens (including phenoxy) is 1. The van der Waals surface area contributed by atoms with Crippen molar-refractivity contribution in [2.24, 2.45) is 0 Å². The standard InChI is InChI=1S/C11H7ClF3NO/c12-7-2-3-9-8(6-7)16-5-1-4-10(16,17-9)11(13,14)15/h1-3,5-6H,4H2. The van der Waals surface area contributed by atoms with Crippen LogP contribution in [-0.2, 0) is 0 Å². The van der Waals surface area contributed by atoms with Gasteiger partial charge in [-0.2, -0.15) is 13.2 Å². The Labute approximate surface area is 100 Å². The maximum atomic E-state index is 13.1. The number of alkyl halides is 3. The lowest BCUT2D eigenvalue weighted by atomic mass is 10.1. The predicted molar refractivity (Wildman–Crippen MR) is 57.1 cm³/mol. The zero-order valence-electron chi connectivity index (χ0n) is 8.46. The van der Waals surface area contributed by atoms with Crippen LogP contribution in [0.2, 0.25) is 5.02 Å². The number of anilines is 1. The summed E-state index contributed by atoms with van der Waals surface area (Å²) in [6.45, 7) is 0. The number of hydrogen-bond donors (Lipinski definition) is 0. The molecule has 0 spiro atoms. The van der Waals surface area contributed by atoms with E-state index in [2.05, 4.69) is 0 Å². The first-order valence-electron chi connectivity index (χ1n) is 4.95. The van der Waals surface area contributed by atoms with E-state index in [-0.39, 0.29) is 12.2 Å². The van der Waals surface area contributed by atoms with Gasteiger partial charge in [0.25, 0.3) is 5.72 Å². The van der Waals surface area contributed by atoms with Crippen molar-refractivity contribution in [2.75, 3.05) is 4.90 Å². The van der Waals surface area contributed by atoms with Gasteiger partial charge in [-0.15, -0.1) is 0 Å². The molecule has 0 fully saturated rings. The summed E-state index contributed by atoms with van der Waals surface area (Å²) in [4.78, 5) is 1.09. The fourth-order valence-electron chi connectivity index (χ4n) is 2.16. The van der Waals surface area contributed by atoms with Gasteiger partial charge < -0.3 is 4.74 Å². The molecule has 2 aliphatic rings. The number of nitrogens with zero attached hydrogens (tertiary/aromatic N) is 1. The van der Waals surface area contributed by atoms with Gasteiger partial charge in [0.15, 0.2) is 0 Å². The molecule has 0 amide bonds. The van der Waals surface area contributed by atoms with Crippen LogP contribution in [0, 0.1) is 0 Å². The average molecular weight is 262 g/mol. The number of benzene rings is 1. The maximum Gasteiger partial charge on any atom is 0.449 e. The zero-order valence-corrected chi connectivity index (χ0v) is 9.22. The maximum absolute atomic E-state index is 13.1. The van der Waals surface area contributed by atoms with E-state index in [1.54, 1.807) is 0 Å². The van der Waals surface area contributed by atoms with Crippen LogP contribution >= 0.6 is 11.6 Å². The van der Waals surface area contributed by atoms with Crippen LogP contribution in [0.5, 0.6) is 5.75 Å². The second-order valence-electron chi connectivity index (χ2n) is 3.96. The third kappa shape index (κ3) is 1.29. The summed E-state index contributed by atoms with van der Waals surface area (Å²) in [6, 6.07) is 4.44. The van der Waals surface area contributed by atoms with Gasteiger partial charge >= 0.3 is 6.18 Å². The minimum absolute atomic E-state index is 0.205. The molecule has 1 atom stereocenters. The molecule has 0 aliphatic carbocycles. The lowest BCUT2D eigenvalue weighted by Gasteiger charge is -2.33. The van der Waals surface area contributed by atoms with Gasteiger partial charge in [-0.1, -0.05) is 17.7 Å². The molecule has 3 rings (SSSR count). The second-order valence-corrected chi connectivity index (χ2v) is 4.39. The molecule has 1 unspecified atom stereocenters. The highest BCUT2D eigenvalue weighted by Gasteiger charge is 2.65. The summed E-state index contributed by atoms with van der Waals surface area (Å²) in [5.41, 5.74) is -1.94. The molecule has 0 saturated heterocycles. The average Bonchev–Trinajstić information content (AvgIpc) is 2.74. The molecule has 2 heterocycles. The third-order valence-corrected chi connectivity index (χ3v) is 3.18. The predicted octanol–water partition coefficient (Wildman–Crippen LogP) is 3.71. The lowest BCUT2D eigenvalue weighted by Crippen LogP contribution is -2.56. The Kier molecular flexibility index (Phi) is 1.96. The first-order chi connectivity index (χ1) is 7.94. The van der Waals surface area contributed by atoms with Gasteiger partial charge in [-0.3, -0.25) is 4.90 Å². The van der Waals surface area contributed by atoms with Crippen LogP contribution in [-0.4, -0.2) is 11.9 Å². The van der Waals surface area contributed by atoms with Crippen molar-refractivity contribution in [3.63, 3.8) is 0 Å². The quantitative estimate of drug-likeness (QED) is 0.706. The Morgan fingerprint density at radius 3 is 2.82 bits per heavy atom. The molecule has 0 radical (unpaired) electrons. The van der Waals surface area contributed by atoms with Crippen molar-refractivity contribution in [3.8, 4) is 5.75 Å². The first kappa shape index (κ1) is 10.8. The van der Waals surface area contributed by atoms with Gasteiger partial charge in [0, 0.05) is 17.6 Å². The second kappa shape index (κ2) is 3.10. The van der Waals surface area contributed by atoms with Crippen molar-refractivity contribution >= 4 is 17.3 Å². The monoisotopic (exact) mass is 261 g/mol. The third-order valence-electron chi connectivity index (χ3n) is 2.94. The van der Waals surface area contributed by atoms with E-state index >= 15 is 0 Å². The van der Waals surface area contributed by atoms with Gasteiger partial charge in [0.2, 0.25) is 0 Å². The Bertz CT molecular complexity index is 514. The van der Waals surface area contributed by atoms with Crippen molar-refractivity contribution in [1.82, 2.24) is 0 Å². The van der Waals surface area contributed by atoms with E-state index < -0.39 is 11.9 Å². The van der Waals surface area contributed by atoms with E-state index in [0.29, 0.717) is 10.7 Å². The molecule has 0 N–H and O–H groups in total. The molecule has 6 heteroatoms. The Morgan fingerprint density at radius 1 is 1.35 bits per heavy atom. The van der Waals surface area contributed by atoms with Crippen LogP contribution < -0.4 is 9.64 Å². The number of rotatable bonds is 0. The summed E-state index contributed by atoms with van der Waals surface area (Å²) in [6.07, 6.45) is -1.86. The molecule has 2 nitrogen and oxygen atoms in total. The number of halogens is 4. The highest BCUT2D eigenvalue weighted by atomic mass is 35.5. The summed E-state index contributed by atoms with van der Waals surface area (Å²) < 4.78 is 44.5. The Balaban J connectivity index is 2.15. The van der Waals surface area contributed by atoms with E-state index in [1.807, 2.05) is 0 Å². The van der Waals surface area contributed by atoms with Crippen molar-refractivity contribution < 1.29 is 17.9 Å². The highest BCUT2D eigenvalue weighted by molar-refractivity contribution is 6.31. The van der Waals surface area contributed by atoms with E-state index in [4.69, 9.17) is 16.3 Å². The molecule has 2 aliphatic heterocycles.